The van der Waals surface area contributed by atoms with E-state index in [-0.39, 0.29) is 0 Å². The molecule has 0 atom stereocenters. The SMILES string of the molecule is CCn1nc(C)c(N)c1Sc1nc(C)c(C)o1. The highest BCUT2D eigenvalue weighted by Gasteiger charge is 2.16. The van der Waals surface area contributed by atoms with Gasteiger partial charge in [0.05, 0.1) is 17.1 Å². The molecule has 0 radical (unpaired) electrons. The summed E-state index contributed by atoms with van der Waals surface area (Å²) in [5.41, 5.74) is 8.45. The molecule has 0 amide bonds. The molecule has 0 aliphatic rings. The fourth-order valence-electron chi connectivity index (χ4n) is 1.47. The number of anilines is 1. The molecule has 2 rings (SSSR count). The van der Waals surface area contributed by atoms with Crippen molar-refractivity contribution in [2.24, 2.45) is 0 Å². The van der Waals surface area contributed by atoms with E-state index in [0.29, 0.717) is 10.9 Å². The summed E-state index contributed by atoms with van der Waals surface area (Å²) < 4.78 is 7.40. The maximum atomic E-state index is 6.00. The molecule has 2 heterocycles. The van der Waals surface area contributed by atoms with Crippen molar-refractivity contribution in [3.05, 3.63) is 17.1 Å². The van der Waals surface area contributed by atoms with Crippen LogP contribution in [-0.4, -0.2) is 14.8 Å². The number of nitrogens with two attached hydrogens (primary N) is 1. The molecule has 0 fully saturated rings. The van der Waals surface area contributed by atoms with Gasteiger partial charge in [-0.25, -0.2) is 4.98 Å². The number of aryl methyl sites for hydroxylation is 4. The highest BCUT2D eigenvalue weighted by molar-refractivity contribution is 7.99. The average molecular weight is 252 g/mol. The van der Waals surface area contributed by atoms with Gasteiger partial charge in [0.15, 0.2) is 0 Å². The van der Waals surface area contributed by atoms with Crippen LogP contribution in [0.4, 0.5) is 5.69 Å². The van der Waals surface area contributed by atoms with Gasteiger partial charge in [-0.2, -0.15) is 5.10 Å². The third kappa shape index (κ3) is 2.17. The van der Waals surface area contributed by atoms with Gasteiger partial charge >= 0.3 is 0 Å². The molecule has 17 heavy (non-hydrogen) atoms. The Hall–Kier alpha value is -1.43. The molecule has 0 aliphatic heterocycles. The van der Waals surface area contributed by atoms with E-state index in [2.05, 4.69) is 10.1 Å². The van der Waals surface area contributed by atoms with Crippen LogP contribution >= 0.6 is 11.8 Å². The van der Waals surface area contributed by atoms with E-state index in [4.69, 9.17) is 10.2 Å². The van der Waals surface area contributed by atoms with Crippen molar-refractivity contribution >= 4 is 17.4 Å². The monoisotopic (exact) mass is 252 g/mol. The minimum atomic E-state index is 0.612. The lowest BCUT2D eigenvalue weighted by Crippen LogP contribution is -1.98. The molecule has 0 saturated heterocycles. The molecule has 2 aromatic rings. The lowest BCUT2D eigenvalue weighted by atomic mass is 10.4. The van der Waals surface area contributed by atoms with Crippen molar-refractivity contribution in [2.45, 2.75) is 44.5 Å². The van der Waals surface area contributed by atoms with Gasteiger partial charge in [0.1, 0.15) is 10.8 Å². The van der Waals surface area contributed by atoms with Gasteiger partial charge in [0, 0.05) is 6.54 Å². The summed E-state index contributed by atoms with van der Waals surface area (Å²) in [4.78, 5) is 4.33. The lowest BCUT2D eigenvalue weighted by Gasteiger charge is -2.01. The molecule has 0 aromatic carbocycles. The summed E-state index contributed by atoms with van der Waals surface area (Å²) in [5, 5.41) is 5.86. The zero-order valence-corrected chi connectivity index (χ0v) is 11.3. The van der Waals surface area contributed by atoms with Crippen molar-refractivity contribution < 1.29 is 4.42 Å². The van der Waals surface area contributed by atoms with Gasteiger partial charge < -0.3 is 10.2 Å². The van der Waals surface area contributed by atoms with Crippen LogP contribution in [0.25, 0.3) is 0 Å². The van der Waals surface area contributed by atoms with Crippen LogP contribution in [0.1, 0.15) is 24.1 Å². The number of rotatable bonds is 3. The van der Waals surface area contributed by atoms with E-state index < -0.39 is 0 Å². The van der Waals surface area contributed by atoms with Crippen LogP contribution in [0.3, 0.4) is 0 Å². The number of hydrogen-bond acceptors (Lipinski definition) is 5. The Morgan fingerprint density at radius 2 is 2.00 bits per heavy atom. The van der Waals surface area contributed by atoms with E-state index in [1.807, 2.05) is 32.4 Å². The highest BCUT2D eigenvalue weighted by atomic mass is 32.2. The number of nitrogen functional groups attached to an aromatic ring is 1. The van der Waals surface area contributed by atoms with Crippen molar-refractivity contribution in [1.29, 1.82) is 0 Å². The molecule has 0 spiro atoms. The molecule has 0 unspecified atom stereocenters. The standard InChI is InChI=1S/C11H16N4OS/c1-5-15-10(9(12)7(3)14-15)17-11-13-6(2)8(4)16-11/h5,12H2,1-4H3. The zero-order valence-electron chi connectivity index (χ0n) is 10.4. The van der Waals surface area contributed by atoms with Crippen LogP contribution in [0.5, 0.6) is 0 Å². The fraction of sp³-hybridized carbons (Fsp3) is 0.455. The number of aromatic nitrogens is 3. The van der Waals surface area contributed by atoms with E-state index in [9.17, 15) is 0 Å². The Morgan fingerprint density at radius 1 is 1.29 bits per heavy atom. The minimum absolute atomic E-state index is 0.612. The fourth-order valence-corrected chi connectivity index (χ4v) is 2.51. The molecule has 5 nitrogen and oxygen atoms in total. The zero-order chi connectivity index (χ0) is 12.6. The normalized spacial score (nSPS) is 11.1. The first-order valence-corrected chi connectivity index (χ1v) is 6.29. The van der Waals surface area contributed by atoms with E-state index >= 15 is 0 Å². The maximum Gasteiger partial charge on any atom is 0.262 e. The third-order valence-corrected chi connectivity index (χ3v) is 3.59. The Balaban J connectivity index is 2.35. The third-order valence-electron chi connectivity index (χ3n) is 2.62. The van der Waals surface area contributed by atoms with Crippen LogP contribution in [0.15, 0.2) is 14.7 Å². The first-order chi connectivity index (χ1) is 8.02. The molecule has 0 saturated carbocycles. The second kappa shape index (κ2) is 4.44. The summed E-state index contributed by atoms with van der Waals surface area (Å²) in [6, 6.07) is 0. The lowest BCUT2D eigenvalue weighted by molar-refractivity contribution is 0.430. The molecule has 0 aliphatic carbocycles. The van der Waals surface area contributed by atoms with Gasteiger partial charge in [-0.1, -0.05) is 0 Å². The van der Waals surface area contributed by atoms with Gasteiger partial charge in [-0.15, -0.1) is 0 Å². The Labute approximate surface area is 104 Å². The predicted octanol–water partition coefficient (Wildman–Crippen LogP) is 2.55. The molecule has 6 heteroatoms. The first kappa shape index (κ1) is 12.0. The Bertz CT molecular complexity index is 524. The minimum Gasteiger partial charge on any atom is -0.436 e. The maximum absolute atomic E-state index is 6.00. The Kier molecular flexibility index (Phi) is 3.15. The smallest absolute Gasteiger partial charge is 0.262 e. The van der Waals surface area contributed by atoms with Crippen LogP contribution < -0.4 is 5.73 Å². The first-order valence-electron chi connectivity index (χ1n) is 5.47. The Morgan fingerprint density at radius 3 is 2.53 bits per heavy atom. The molecule has 0 bridgehead atoms. The van der Waals surface area contributed by atoms with Gasteiger partial charge in [-0.05, 0) is 39.5 Å². The van der Waals surface area contributed by atoms with Crippen LogP contribution in [0, 0.1) is 20.8 Å². The molecular formula is C11H16N4OS. The average Bonchev–Trinajstić information content (AvgIpc) is 2.74. The van der Waals surface area contributed by atoms with Crippen molar-refractivity contribution in [3.8, 4) is 0 Å². The molecule has 2 N–H and O–H groups in total. The topological polar surface area (TPSA) is 69.9 Å². The molecule has 2 aromatic heterocycles. The molecule has 92 valence electrons. The van der Waals surface area contributed by atoms with E-state index in [1.54, 1.807) is 0 Å². The number of nitrogens with zero attached hydrogens (tertiary/aromatic N) is 3. The van der Waals surface area contributed by atoms with Crippen molar-refractivity contribution in [3.63, 3.8) is 0 Å². The quantitative estimate of drug-likeness (QED) is 0.909. The number of oxazole rings is 1. The summed E-state index contributed by atoms with van der Waals surface area (Å²) in [6.07, 6.45) is 0. The van der Waals surface area contributed by atoms with E-state index in [0.717, 1.165) is 28.7 Å². The second-order valence-electron chi connectivity index (χ2n) is 3.84. The highest BCUT2D eigenvalue weighted by Crippen LogP contribution is 2.33. The summed E-state index contributed by atoms with van der Waals surface area (Å²) >= 11 is 1.42. The van der Waals surface area contributed by atoms with Crippen LogP contribution in [0.2, 0.25) is 0 Å². The van der Waals surface area contributed by atoms with Gasteiger partial charge in [0.2, 0.25) is 0 Å². The number of hydrogen-bond donors (Lipinski definition) is 1. The summed E-state index contributed by atoms with van der Waals surface area (Å²) in [6.45, 7) is 8.53. The van der Waals surface area contributed by atoms with Gasteiger partial charge in [0.25, 0.3) is 5.22 Å². The predicted molar refractivity (Wildman–Crippen MR) is 67.2 cm³/mol. The van der Waals surface area contributed by atoms with Crippen LogP contribution in [-0.2, 0) is 6.54 Å². The second-order valence-corrected chi connectivity index (χ2v) is 4.78. The summed E-state index contributed by atoms with van der Waals surface area (Å²) in [5.74, 6) is 0.838. The summed E-state index contributed by atoms with van der Waals surface area (Å²) in [7, 11) is 0. The van der Waals surface area contributed by atoms with Crippen molar-refractivity contribution in [1.82, 2.24) is 14.8 Å². The van der Waals surface area contributed by atoms with Crippen molar-refractivity contribution in [2.75, 3.05) is 5.73 Å². The molecular weight excluding hydrogens is 236 g/mol. The van der Waals surface area contributed by atoms with Gasteiger partial charge in [-0.3, -0.25) is 4.68 Å². The largest absolute Gasteiger partial charge is 0.436 e. The van der Waals surface area contributed by atoms with E-state index in [1.165, 1.54) is 11.8 Å².